The molecule has 4 nitrogen and oxygen atoms in total. The van der Waals surface area contributed by atoms with Crippen LogP contribution in [0.5, 0.6) is 0 Å². The predicted molar refractivity (Wildman–Crippen MR) is 123 cm³/mol. The summed E-state index contributed by atoms with van der Waals surface area (Å²) in [5.41, 5.74) is 2.78. The van der Waals surface area contributed by atoms with Gasteiger partial charge in [0.1, 0.15) is 11.6 Å². The highest BCUT2D eigenvalue weighted by molar-refractivity contribution is 9.10. The number of hydrogen-bond donors (Lipinski definition) is 2. The van der Waals surface area contributed by atoms with E-state index in [4.69, 9.17) is 0 Å². The summed E-state index contributed by atoms with van der Waals surface area (Å²) in [4.78, 5) is 26.6. The van der Waals surface area contributed by atoms with Crippen molar-refractivity contribution < 1.29 is 18.4 Å². The summed E-state index contributed by atoms with van der Waals surface area (Å²) in [7, 11) is 0. The Balaban J connectivity index is 1.81. The van der Waals surface area contributed by atoms with Crippen molar-refractivity contribution in [2.45, 2.75) is 39.5 Å². The highest BCUT2D eigenvalue weighted by Gasteiger charge is 2.42. The molecule has 4 rings (SSSR count). The summed E-state index contributed by atoms with van der Waals surface area (Å²) in [5, 5.41) is 5.83. The summed E-state index contributed by atoms with van der Waals surface area (Å²) in [6.45, 7) is 5.86. The van der Waals surface area contributed by atoms with Crippen LogP contribution in [0.4, 0.5) is 14.5 Å². The van der Waals surface area contributed by atoms with Crippen LogP contribution in [-0.4, -0.2) is 11.7 Å². The molecule has 0 fully saturated rings. The molecule has 0 radical (unpaired) electrons. The zero-order chi connectivity index (χ0) is 23.2. The lowest BCUT2D eigenvalue weighted by molar-refractivity contribution is -0.118. The third kappa shape index (κ3) is 4.26. The van der Waals surface area contributed by atoms with Gasteiger partial charge in [0.2, 0.25) is 0 Å². The molecule has 2 aliphatic rings. The number of rotatable bonds is 3. The lowest BCUT2D eigenvalue weighted by Gasteiger charge is -2.39. The molecule has 7 heteroatoms. The van der Waals surface area contributed by atoms with Gasteiger partial charge >= 0.3 is 0 Å². The standard InChI is InChI=1S/C25H23BrF2N2O2/c1-13-21(24(32)30-18-8-7-16(27)10-17(18)28)22(14-5-4-6-15(26)9-14)23-19(29-13)11-25(2,3)12-20(23)31/h4-10,22,29H,11-12H2,1-3H3,(H,30,32)/t22-/m0/s1. The number of dihydropyridines is 1. The molecular weight excluding hydrogens is 478 g/mol. The Morgan fingerprint density at radius 3 is 2.59 bits per heavy atom. The maximum Gasteiger partial charge on any atom is 0.254 e. The molecule has 32 heavy (non-hydrogen) atoms. The summed E-state index contributed by atoms with van der Waals surface area (Å²) < 4.78 is 28.3. The summed E-state index contributed by atoms with van der Waals surface area (Å²) in [5.74, 6) is -2.76. The SMILES string of the molecule is CC1=C(C(=O)Nc2ccc(F)cc2F)[C@H](c2cccc(Br)c2)C2=C(CC(C)(C)CC2=O)N1. The van der Waals surface area contributed by atoms with Crippen molar-refractivity contribution in [3.05, 3.63) is 86.7 Å². The Labute approximate surface area is 193 Å². The molecule has 0 saturated carbocycles. The first-order valence-electron chi connectivity index (χ1n) is 10.3. The number of halogens is 3. The Kier molecular flexibility index (Phi) is 5.79. The van der Waals surface area contributed by atoms with Gasteiger partial charge in [-0.2, -0.15) is 0 Å². The minimum absolute atomic E-state index is 0.0144. The normalized spacial score (nSPS) is 20.1. The van der Waals surface area contributed by atoms with Gasteiger partial charge in [-0.1, -0.05) is 41.9 Å². The van der Waals surface area contributed by atoms with E-state index < -0.39 is 23.5 Å². The van der Waals surface area contributed by atoms with Gasteiger partial charge in [0.25, 0.3) is 5.91 Å². The minimum Gasteiger partial charge on any atom is -0.362 e. The minimum atomic E-state index is -0.866. The molecule has 1 atom stereocenters. The van der Waals surface area contributed by atoms with Gasteiger partial charge in [0.15, 0.2) is 5.78 Å². The molecule has 0 spiro atoms. The Morgan fingerprint density at radius 1 is 1.16 bits per heavy atom. The summed E-state index contributed by atoms with van der Waals surface area (Å²) in [6.07, 6.45) is 1.05. The average Bonchev–Trinajstić information content (AvgIpc) is 2.68. The van der Waals surface area contributed by atoms with Crippen molar-refractivity contribution >= 4 is 33.3 Å². The lowest BCUT2D eigenvalue weighted by atomic mass is 9.68. The van der Waals surface area contributed by atoms with Crippen LogP contribution in [0.3, 0.4) is 0 Å². The van der Waals surface area contributed by atoms with Crippen molar-refractivity contribution in [1.82, 2.24) is 5.32 Å². The van der Waals surface area contributed by atoms with Crippen molar-refractivity contribution in [2.24, 2.45) is 5.41 Å². The van der Waals surface area contributed by atoms with E-state index in [-0.39, 0.29) is 16.9 Å². The smallest absolute Gasteiger partial charge is 0.254 e. The molecule has 0 bridgehead atoms. The second-order valence-corrected chi connectivity index (χ2v) is 9.98. The van der Waals surface area contributed by atoms with E-state index in [0.29, 0.717) is 29.7 Å². The first kappa shape index (κ1) is 22.4. The number of hydrogen-bond acceptors (Lipinski definition) is 3. The van der Waals surface area contributed by atoms with E-state index >= 15 is 0 Å². The maximum atomic E-state index is 14.2. The number of carbonyl (C=O) groups excluding carboxylic acids is 2. The number of Topliss-reactive ketones (excluding diaryl/α,β-unsaturated/α-hetero) is 1. The molecule has 166 valence electrons. The highest BCUT2D eigenvalue weighted by atomic mass is 79.9. The number of carbonyl (C=O) groups is 2. The molecule has 1 aliphatic heterocycles. The molecule has 2 aromatic rings. The van der Waals surface area contributed by atoms with Crippen molar-refractivity contribution in [1.29, 1.82) is 0 Å². The lowest BCUT2D eigenvalue weighted by Crippen LogP contribution is -2.39. The second-order valence-electron chi connectivity index (χ2n) is 9.06. The Hall–Kier alpha value is -2.80. The Morgan fingerprint density at radius 2 is 1.91 bits per heavy atom. The fourth-order valence-corrected chi connectivity index (χ4v) is 4.95. The topological polar surface area (TPSA) is 58.2 Å². The van der Waals surface area contributed by atoms with Gasteiger partial charge < -0.3 is 10.6 Å². The third-order valence-corrected chi connectivity index (χ3v) is 6.34. The van der Waals surface area contributed by atoms with E-state index in [1.807, 2.05) is 38.1 Å². The number of amides is 1. The number of anilines is 1. The molecule has 2 aromatic carbocycles. The second kappa shape index (κ2) is 8.28. The van der Waals surface area contributed by atoms with E-state index in [0.717, 1.165) is 27.9 Å². The molecule has 1 heterocycles. The van der Waals surface area contributed by atoms with E-state index in [2.05, 4.69) is 26.6 Å². The molecule has 2 N–H and O–H groups in total. The quantitative estimate of drug-likeness (QED) is 0.545. The van der Waals surface area contributed by atoms with E-state index in [1.165, 1.54) is 6.07 Å². The first-order chi connectivity index (χ1) is 15.1. The number of allylic oxidation sites excluding steroid dienone is 3. The zero-order valence-corrected chi connectivity index (χ0v) is 19.6. The van der Waals surface area contributed by atoms with Crippen molar-refractivity contribution in [3.8, 4) is 0 Å². The average molecular weight is 501 g/mol. The van der Waals surface area contributed by atoms with Crippen molar-refractivity contribution in [2.75, 3.05) is 5.32 Å². The predicted octanol–water partition coefficient (Wildman–Crippen LogP) is 5.97. The molecular formula is C25H23BrF2N2O2. The van der Waals surface area contributed by atoms with E-state index in [9.17, 15) is 18.4 Å². The summed E-state index contributed by atoms with van der Waals surface area (Å²) in [6, 6.07) is 10.5. The monoisotopic (exact) mass is 500 g/mol. The summed E-state index contributed by atoms with van der Waals surface area (Å²) >= 11 is 3.47. The third-order valence-electron chi connectivity index (χ3n) is 5.85. The van der Waals surface area contributed by atoms with E-state index in [1.54, 1.807) is 6.92 Å². The van der Waals surface area contributed by atoms with Crippen molar-refractivity contribution in [3.63, 3.8) is 0 Å². The fraction of sp³-hybridized carbons (Fsp3) is 0.280. The van der Waals surface area contributed by atoms with Gasteiger partial charge in [-0.25, -0.2) is 8.78 Å². The van der Waals surface area contributed by atoms with Gasteiger partial charge in [0, 0.05) is 45.4 Å². The highest BCUT2D eigenvalue weighted by Crippen LogP contribution is 2.47. The van der Waals surface area contributed by atoms with Gasteiger partial charge in [-0.15, -0.1) is 0 Å². The fourth-order valence-electron chi connectivity index (χ4n) is 4.54. The first-order valence-corrected chi connectivity index (χ1v) is 11.1. The number of ketones is 1. The van der Waals surface area contributed by atoms with Crippen LogP contribution in [0.2, 0.25) is 0 Å². The van der Waals surface area contributed by atoms with Gasteiger partial charge in [0.05, 0.1) is 5.69 Å². The van der Waals surface area contributed by atoms with Crippen LogP contribution in [-0.2, 0) is 9.59 Å². The van der Waals surface area contributed by atoms with Crippen LogP contribution in [0, 0.1) is 17.0 Å². The molecule has 0 aromatic heterocycles. The number of nitrogens with one attached hydrogen (secondary N) is 2. The van der Waals surface area contributed by atoms with Crippen LogP contribution in [0.1, 0.15) is 45.1 Å². The molecule has 0 unspecified atom stereocenters. The molecule has 1 amide bonds. The van der Waals surface area contributed by atoms with Crippen LogP contribution >= 0.6 is 15.9 Å². The zero-order valence-electron chi connectivity index (χ0n) is 18.0. The maximum absolute atomic E-state index is 14.2. The van der Waals surface area contributed by atoms with Gasteiger partial charge in [-0.3, -0.25) is 9.59 Å². The van der Waals surface area contributed by atoms with Crippen LogP contribution in [0.15, 0.2) is 69.5 Å². The van der Waals surface area contributed by atoms with Gasteiger partial charge in [-0.05, 0) is 48.6 Å². The molecule has 0 saturated heterocycles. The Bertz CT molecular complexity index is 1200. The largest absolute Gasteiger partial charge is 0.362 e. The van der Waals surface area contributed by atoms with Crippen LogP contribution in [0.25, 0.3) is 0 Å². The van der Waals surface area contributed by atoms with Crippen LogP contribution < -0.4 is 10.6 Å². The molecule has 1 aliphatic carbocycles. The number of benzene rings is 2.